The molecule has 1 aromatic carbocycles. The van der Waals surface area contributed by atoms with Crippen molar-refractivity contribution in [3.63, 3.8) is 0 Å². The molecular formula is C14H14N2O3. The second-order valence-corrected chi connectivity index (χ2v) is 4.10. The van der Waals surface area contributed by atoms with E-state index in [1.54, 1.807) is 6.07 Å². The fourth-order valence-corrected chi connectivity index (χ4v) is 1.71. The molecule has 0 spiro atoms. The SMILES string of the molecule is NC(=O)C(Cc1ccccc1)NC(=O)c1ccco1. The van der Waals surface area contributed by atoms with Gasteiger partial charge in [0, 0.05) is 6.42 Å². The number of benzene rings is 1. The molecule has 19 heavy (non-hydrogen) atoms. The van der Waals surface area contributed by atoms with Gasteiger partial charge in [0.15, 0.2) is 5.76 Å². The number of rotatable bonds is 5. The highest BCUT2D eigenvalue weighted by Crippen LogP contribution is 2.05. The zero-order valence-electron chi connectivity index (χ0n) is 10.2. The minimum absolute atomic E-state index is 0.152. The zero-order valence-corrected chi connectivity index (χ0v) is 10.2. The number of primary amides is 1. The molecular weight excluding hydrogens is 244 g/mol. The maximum atomic E-state index is 11.8. The zero-order chi connectivity index (χ0) is 13.7. The van der Waals surface area contributed by atoms with Gasteiger partial charge in [-0.05, 0) is 17.7 Å². The van der Waals surface area contributed by atoms with Crippen LogP contribution in [0.5, 0.6) is 0 Å². The molecule has 0 aliphatic carbocycles. The minimum atomic E-state index is -0.764. The molecule has 0 aliphatic rings. The number of hydrogen-bond donors (Lipinski definition) is 2. The van der Waals surface area contributed by atoms with Gasteiger partial charge in [-0.25, -0.2) is 0 Å². The fraction of sp³-hybridized carbons (Fsp3) is 0.143. The quantitative estimate of drug-likeness (QED) is 0.842. The van der Waals surface area contributed by atoms with Crippen LogP contribution in [0.1, 0.15) is 16.1 Å². The third-order valence-corrected chi connectivity index (χ3v) is 2.68. The van der Waals surface area contributed by atoms with Crippen molar-refractivity contribution in [2.24, 2.45) is 5.73 Å². The van der Waals surface area contributed by atoms with E-state index in [2.05, 4.69) is 5.32 Å². The summed E-state index contributed by atoms with van der Waals surface area (Å²) >= 11 is 0. The lowest BCUT2D eigenvalue weighted by molar-refractivity contribution is -0.119. The van der Waals surface area contributed by atoms with Gasteiger partial charge in [0.2, 0.25) is 5.91 Å². The standard InChI is InChI=1S/C14H14N2O3/c15-13(17)11(9-10-5-2-1-3-6-10)16-14(18)12-7-4-8-19-12/h1-8,11H,9H2,(H2,15,17)(H,16,18). The van der Waals surface area contributed by atoms with E-state index in [0.717, 1.165) is 5.56 Å². The van der Waals surface area contributed by atoms with Gasteiger partial charge in [0.1, 0.15) is 6.04 Å². The molecule has 0 aliphatic heterocycles. The van der Waals surface area contributed by atoms with Crippen LogP contribution in [0.15, 0.2) is 53.1 Å². The molecule has 0 bridgehead atoms. The number of carbonyl (C=O) groups excluding carboxylic acids is 2. The van der Waals surface area contributed by atoms with E-state index < -0.39 is 17.9 Å². The molecule has 1 heterocycles. The number of nitrogens with one attached hydrogen (secondary N) is 1. The maximum Gasteiger partial charge on any atom is 0.287 e. The normalized spacial score (nSPS) is 11.8. The Morgan fingerprint density at radius 3 is 2.47 bits per heavy atom. The molecule has 98 valence electrons. The fourth-order valence-electron chi connectivity index (χ4n) is 1.71. The summed E-state index contributed by atoms with van der Waals surface area (Å²) in [4.78, 5) is 23.2. The number of furan rings is 1. The Labute approximate surface area is 110 Å². The predicted molar refractivity (Wildman–Crippen MR) is 69.3 cm³/mol. The van der Waals surface area contributed by atoms with Gasteiger partial charge < -0.3 is 15.5 Å². The van der Waals surface area contributed by atoms with E-state index in [4.69, 9.17) is 10.2 Å². The summed E-state index contributed by atoms with van der Waals surface area (Å²) in [5.41, 5.74) is 6.22. The summed E-state index contributed by atoms with van der Waals surface area (Å²) in [6.07, 6.45) is 1.74. The van der Waals surface area contributed by atoms with Crippen LogP contribution < -0.4 is 11.1 Å². The van der Waals surface area contributed by atoms with E-state index in [-0.39, 0.29) is 5.76 Å². The van der Waals surface area contributed by atoms with Crippen LogP contribution >= 0.6 is 0 Å². The molecule has 2 aromatic rings. The molecule has 5 heteroatoms. The van der Waals surface area contributed by atoms with Crippen molar-refractivity contribution in [2.75, 3.05) is 0 Å². The number of hydrogen-bond acceptors (Lipinski definition) is 3. The first-order chi connectivity index (χ1) is 9.16. The summed E-state index contributed by atoms with van der Waals surface area (Å²) in [5, 5.41) is 2.56. The highest BCUT2D eigenvalue weighted by Gasteiger charge is 2.20. The van der Waals surface area contributed by atoms with Crippen LogP contribution in [0.3, 0.4) is 0 Å². The van der Waals surface area contributed by atoms with Gasteiger partial charge in [-0.15, -0.1) is 0 Å². The van der Waals surface area contributed by atoms with E-state index in [0.29, 0.717) is 6.42 Å². The second-order valence-electron chi connectivity index (χ2n) is 4.10. The maximum absolute atomic E-state index is 11.8. The molecule has 1 unspecified atom stereocenters. The highest BCUT2D eigenvalue weighted by molar-refractivity contribution is 5.95. The lowest BCUT2D eigenvalue weighted by Gasteiger charge is -2.14. The Morgan fingerprint density at radius 2 is 1.89 bits per heavy atom. The molecule has 0 radical (unpaired) electrons. The van der Waals surface area contributed by atoms with Crippen LogP contribution in [0, 0.1) is 0 Å². The van der Waals surface area contributed by atoms with Crippen molar-refractivity contribution in [2.45, 2.75) is 12.5 Å². The average molecular weight is 258 g/mol. The summed E-state index contributed by atoms with van der Waals surface area (Å²) in [6, 6.07) is 11.7. The van der Waals surface area contributed by atoms with Gasteiger partial charge in [-0.2, -0.15) is 0 Å². The van der Waals surface area contributed by atoms with Crippen molar-refractivity contribution in [3.8, 4) is 0 Å². The van der Waals surface area contributed by atoms with Gasteiger partial charge in [0.25, 0.3) is 5.91 Å². The molecule has 1 atom stereocenters. The van der Waals surface area contributed by atoms with Crippen LogP contribution in [-0.4, -0.2) is 17.9 Å². The Morgan fingerprint density at radius 1 is 1.16 bits per heavy atom. The van der Waals surface area contributed by atoms with Gasteiger partial charge in [-0.1, -0.05) is 30.3 Å². The van der Waals surface area contributed by atoms with E-state index in [9.17, 15) is 9.59 Å². The third kappa shape index (κ3) is 3.45. The number of carbonyl (C=O) groups is 2. The topological polar surface area (TPSA) is 85.3 Å². The Bertz CT molecular complexity index is 549. The monoisotopic (exact) mass is 258 g/mol. The lowest BCUT2D eigenvalue weighted by Crippen LogP contribution is -2.45. The molecule has 2 amide bonds. The number of amides is 2. The van der Waals surface area contributed by atoms with Gasteiger partial charge in [0.05, 0.1) is 6.26 Å². The molecule has 2 rings (SSSR count). The summed E-state index contributed by atoms with van der Waals surface area (Å²) in [6.45, 7) is 0. The number of nitrogens with two attached hydrogens (primary N) is 1. The highest BCUT2D eigenvalue weighted by atomic mass is 16.3. The van der Waals surface area contributed by atoms with E-state index in [1.807, 2.05) is 30.3 Å². The Hall–Kier alpha value is -2.56. The van der Waals surface area contributed by atoms with E-state index >= 15 is 0 Å². The van der Waals surface area contributed by atoms with Gasteiger partial charge >= 0.3 is 0 Å². The van der Waals surface area contributed by atoms with Crippen LogP contribution in [0.2, 0.25) is 0 Å². The third-order valence-electron chi connectivity index (χ3n) is 2.68. The summed E-state index contributed by atoms with van der Waals surface area (Å²) in [5.74, 6) is -0.882. The van der Waals surface area contributed by atoms with Crippen LogP contribution in [0.25, 0.3) is 0 Å². The second kappa shape index (κ2) is 5.86. The molecule has 1 aromatic heterocycles. The van der Waals surface area contributed by atoms with E-state index in [1.165, 1.54) is 12.3 Å². The first-order valence-corrected chi connectivity index (χ1v) is 5.84. The molecule has 3 N–H and O–H groups in total. The Balaban J connectivity index is 2.05. The largest absolute Gasteiger partial charge is 0.459 e. The van der Waals surface area contributed by atoms with Crippen molar-refractivity contribution in [1.82, 2.24) is 5.32 Å². The minimum Gasteiger partial charge on any atom is -0.459 e. The Kier molecular flexibility index (Phi) is 3.97. The van der Waals surface area contributed by atoms with Crippen molar-refractivity contribution < 1.29 is 14.0 Å². The smallest absolute Gasteiger partial charge is 0.287 e. The summed E-state index contributed by atoms with van der Waals surface area (Å²) in [7, 11) is 0. The summed E-state index contributed by atoms with van der Waals surface area (Å²) < 4.78 is 4.96. The van der Waals surface area contributed by atoms with Crippen molar-refractivity contribution >= 4 is 11.8 Å². The van der Waals surface area contributed by atoms with Crippen LogP contribution in [-0.2, 0) is 11.2 Å². The average Bonchev–Trinajstić information content (AvgIpc) is 2.93. The first-order valence-electron chi connectivity index (χ1n) is 5.84. The predicted octanol–water partition coefficient (Wildman–Crippen LogP) is 1.11. The first kappa shape index (κ1) is 12.9. The molecule has 5 nitrogen and oxygen atoms in total. The van der Waals surface area contributed by atoms with Crippen molar-refractivity contribution in [1.29, 1.82) is 0 Å². The molecule has 0 fully saturated rings. The van der Waals surface area contributed by atoms with Crippen LogP contribution in [0.4, 0.5) is 0 Å². The molecule has 0 saturated heterocycles. The van der Waals surface area contributed by atoms with Gasteiger partial charge in [-0.3, -0.25) is 9.59 Å². The molecule has 0 saturated carbocycles. The lowest BCUT2D eigenvalue weighted by atomic mass is 10.1. The van der Waals surface area contributed by atoms with Crippen molar-refractivity contribution in [3.05, 3.63) is 60.1 Å².